The van der Waals surface area contributed by atoms with Crippen molar-refractivity contribution in [3.63, 3.8) is 0 Å². The van der Waals surface area contributed by atoms with E-state index in [0.717, 1.165) is 6.54 Å². The number of methoxy groups -OCH3 is 1. The molecule has 7 heteroatoms. The first kappa shape index (κ1) is 15.4. The predicted molar refractivity (Wildman–Crippen MR) is 75.8 cm³/mol. The molecule has 0 aliphatic heterocycles. The number of nitrogen functional groups attached to an aromatic ring is 1. The average Bonchev–Trinajstić information content (AvgIpc) is 2.37. The third kappa shape index (κ3) is 4.51. The topological polar surface area (TPSA) is 98.0 Å². The van der Waals surface area contributed by atoms with E-state index in [9.17, 15) is 0 Å². The summed E-state index contributed by atoms with van der Waals surface area (Å²) >= 11 is 0. The van der Waals surface area contributed by atoms with Crippen molar-refractivity contribution in [1.82, 2.24) is 15.0 Å². The molecule has 0 amide bonds. The smallest absolute Gasteiger partial charge is 0.322 e. The minimum atomic E-state index is 0.232. The lowest BCUT2D eigenvalue weighted by Gasteiger charge is -2.25. The first-order valence-electron chi connectivity index (χ1n) is 6.48. The van der Waals surface area contributed by atoms with Gasteiger partial charge in [0.2, 0.25) is 11.9 Å². The van der Waals surface area contributed by atoms with Crippen LogP contribution in [-0.4, -0.2) is 28.6 Å². The second-order valence-corrected chi connectivity index (χ2v) is 5.15. The molecule has 1 aromatic rings. The van der Waals surface area contributed by atoms with Gasteiger partial charge in [-0.15, -0.1) is 0 Å². The minimum absolute atomic E-state index is 0.232. The van der Waals surface area contributed by atoms with E-state index in [1.807, 2.05) is 0 Å². The summed E-state index contributed by atoms with van der Waals surface area (Å²) in [6, 6.07) is 0.232. The number of nitrogens with zero attached hydrogens (tertiary/aromatic N) is 3. The van der Waals surface area contributed by atoms with E-state index in [4.69, 9.17) is 10.6 Å². The number of anilines is 2. The maximum atomic E-state index is 5.31. The molecule has 0 saturated heterocycles. The summed E-state index contributed by atoms with van der Waals surface area (Å²) in [4.78, 5) is 12.2. The number of nitrogens with two attached hydrogens (primary N) is 1. The van der Waals surface area contributed by atoms with Crippen molar-refractivity contribution in [2.24, 2.45) is 23.6 Å². The van der Waals surface area contributed by atoms with Gasteiger partial charge in [0.25, 0.3) is 0 Å². The van der Waals surface area contributed by atoms with Gasteiger partial charge in [-0.05, 0) is 17.8 Å². The van der Waals surface area contributed by atoms with Gasteiger partial charge >= 0.3 is 6.01 Å². The molecule has 108 valence electrons. The maximum absolute atomic E-state index is 5.31. The first-order valence-corrected chi connectivity index (χ1v) is 6.48. The lowest BCUT2D eigenvalue weighted by atomic mass is 9.85. The summed E-state index contributed by atoms with van der Waals surface area (Å²) in [5, 5.41) is 3.22. The molecule has 0 atom stereocenters. The molecular weight excluding hydrogens is 244 g/mol. The molecule has 1 aromatic heterocycles. The van der Waals surface area contributed by atoms with E-state index >= 15 is 0 Å². The Hall–Kier alpha value is -1.63. The highest BCUT2D eigenvalue weighted by atomic mass is 16.5. The number of nitrogens with one attached hydrogen (secondary N) is 2. The molecule has 0 aromatic carbocycles. The van der Waals surface area contributed by atoms with Crippen molar-refractivity contribution in [3.8, 4) is 6.01 Å². The fourth-order valence-electron chi connectivity index (χ4n) is 2.04. The van der Waals surface area contributed by atoms with E-state index in [1.54, 1.807) is 0 Å². The molecule has 0 aliphatic rings. The molecule has 4 N–H and O–H groups in total. The summed E-state index contributed by atoms with van der Waals surface area (Å²) in [5.74, 6) is 7.76. The molecular formula is C12H24N6O. The molecule has 0 spiro atoms. The van der Waals surface area contributed by atoms with E-state index in [1.165, 1.54) is 7.11 Å². The van der Waals surface area contributed by atoms with Crippen LogP contribution in [-0.2, 0) is 0 Å². The van der Waals surface area contributed by atoms with Gasteiger partial charge in [0.15, 0.2) is 0 Å². The number of hydrazine groups is 1. The van der Waals surface area contributed by atoms with Crippen LogP contribution in [0.4, 0.5) is 11.9 Å². The fourth-order valence-corrected chi connectivity index (χ4v) is 2.04. The maximum Gasteiger partial charge on any atom is 0.322 e. The van der Waals surface area contributed by atoms with Gasteiger partial charge in [0.05, 0.1) is 7.11 Å². The van der Waals surface area contributed by atoms with Crippen LogP contribution >= 0.6 is 0 Å². The molecule has 0 unspecified atom stereocenters. The van der Waals surface area contributed by atoms with Crippen LogP contribution < -0.4 is 21.3 Å². The normalized spacial score (nSPS) is 11.2. The molecule has 0 aliphatic carbocycles. The van der Waals surface area contributed by atoms with Crippen LogP contribution in [0.15, 0.2) is 0 Å². The Morgan fingerprint density at radius 1 is 1.05 bits per heavy atom. The van der Waals surface area contributed by atoms with Crippen molar-refractivity contribution < 1.29 is 4.74 Å². The highest BCUT2D eigenvalue weighted by Crippen LogP contribution is 2.21. The van der Waals surface area contributed by atoms with Gasteiger partial charge in [-0.1, -0.05) is 27.7 Å². The second-order valence-electron chi connectivity index (χ2n) is 5.15. The summed E-state index contributed by atoms with van der Waals surface area (Å²) in [7, 11) is 1.50. The van der Waals surface area contributed by atoms with Gasteiger partial charge in [-0.25, -0.2) is 5.84 Å². The zero-order chi connectivity index (χ0) is 14.4. The zero-order valence-corrected chi connectivity index (χ0v) is 12.3. The SMILES string of the molecule is COc1nc(NN)nc(NCC(C(C)C)C(C)C)n1. The third-order valence-electron chi connectivity index (χ3n) is 3.14. The standard InChI is InChI=1S/C12H24N6O/c1-7(2)9(8(3)4)6-14-10-15-11(18-13)17-12(16-10)19-5/h7-9H,6,13H2,1-5H3,(H2,14,15,16,17,18). The van der Waals surface area contributed by atoms with Gasteiger partial charge < -0.3 is 10.1 Å². The van der Waals surface area contributed by atoms with Gasteiger partial charge in [0.1, 0.15) is 0 Å². The van der Waals surface area contributed by atoms with Crippen LogP contribution in [0.2, 0.25) is 0 Å². The molecule has 19 heavy (non-hydrogen) atoms. The first-order chi connectivity index (χ1) is 8.97. The van der Waals surface area contributed by atoms with Crippen LogP contribution in [0.1, 0.15) is 27.7 Å². The van der Waals surface area contributed by atoms with Crippen molar-refractivity contribution in [3.05, 3.63) is 0 Å². The molecule has 1 rings (SSSR count). The van der Waals surface area contributed by atoms with Crippen LogP contribution in [0, 0.1) is 17.8 Å². The minimum Gasteiger partial charge on any atom is -0.467 e. The number of hydrogen-bond acceptors (Lipinski definition) is 7. The highest BCUT2D eigenvalue weighted by Gasteiger charge is 2.18. The van der Waals surface area contributed by atoms with Gasteiger partial charge in [0, 0.05) is 6.54 Å². The van der Waals surface area contributed by atoms with Crippen molar-refractivity contribution in [1.29, 1.82) is 0 Å². The zero-order valence-electron chi connectivity index (χ0n) is 12.3. The van der Waals surface area contributed by atoms with Crippen molar-refractivity contribution in [2.45, 2.75) is 27.7 Å². The summed E-state index contributed by atoms with van der Waals surface area (Å²) in [6.45, 7) is 9.66. The van der Waals surface area contributed by atoms with Crippen molar-refractivity contribution >= 4 is 11.9 Å². The van der Waals surface area contributed by atoms with Gasteiger partial charge in [-0.2, -0.15) is 15.0 Å². The molecule has 0 saturated carbocycles. The van der Waals surface area contributed by atoms with E-state index in [0.29, 0.717) is 23.7 Å². The van der Waals surface area contributed by atoms with Crippen LogP contribution in [0.3, 0.4) is 0 Å². The van der Waals surface area contributed by atoms with E-state index in [2.05, 4.69) is 53.4 Å². The van der Waals surface area contributed by atoms with E-state index < -0.39 is 0 Å². The fraction of sp³-hybridized carbons (Fsp3) is 0.750. The third-order valence-corrected chi connectivity index (χ3v) is 3.14. The Kier molecular flexibility index (Phi) is 5.75. The molecule has 1 heterocycles. The average molecular weight is 268 g/mol. The predicted octanol–water partition coefficient (Wildman–Crippen LogP) is 1.51. The largest absolute Gasteiger partial charge is 0.467 e. The van der Waals surface area contributed by atoms with Crippen molar-refractivity contribution in [2.75, 3.05) is 24.4 Å². The number of ether oxygens (including phenoxy) is 1. The summed E-state index contributed by atoms with van der Waals surface area (Å²) in [5.41, 5.74) is 2.39. The molecule has 7 nitrogen and oxygen atoms in total. The van der Waals surface area contributed by atoms with Crippen LogP contribution in [0.5, 0.6) is 6.01 Å². The lowest BCUT2D eigenvalue weighted by Crippen LogP contribution is -2.25. The Bertz CT molecular complexity index is 366. The Morgan fingerprint density at radius 3 is 2.11 bits per heavy atom. The van der Waals surface area contributed by atoms with Gasteiger partial charge in [-0.3, -0.25) is 5.43 Å². The number of hydrogen-bond donors (Lipinski definition) is 3. The quantitative estimate of drug-likeness (QED) is 0.509. The molecule has 0 fully saturated rings. The summed E-state index contributed by atoms with van der Waals surface area (Å²) in [6.07, 6.45) is 0. The summed E-state index contributed by atoms with van der Waals surface area (Å²) < 4.78 is 5.00. The lowest BCUT2D eigenvalue weighted by molar-refractivity contribution is 0.303. The second kappa shape index (κ2) is 7.08. The van der Waals surface area contributed by atoms with Crippen LogP contribution in [0.25, 0.3) is 0 Å². The number of rotatable bonds is 7. The highest BCUT2D eigenvalue weighted by molar-refractivity contribution is 5.34. The monoisotopic (exact) mass is 268 g/mol. The molecule has 0 bridgehead atoms. The Balaban J connectivity index is 2.76. The number of aromatic nitrogens is 3. The molecule has 0 radical (unpaired) electrons. The van der Waals surface area contributed by atoms with E-state index in [-0.39, 0.29) is 12.0 Å². The Labute approximate surface area is 114 Å². The Morgan fingerprint density at radius 2 is 1.63 bits per heavy atom.